The molecule has 14 heteroatoms. The zero-order chi connectivity index (χ0) is 27.2. The monoisotopic (exact) mass is 520 g/mol. The number of aromatic hydroxyl groups is 4. The van der Waals surface area contributed by atoms with Crippen molar-refractivity contribution >= 4 is 22.9 Å². The van der Waals surface area contributed by atoms with Crippen LogP contribution in [0.2, 0.25) is 0 Å². The highest BCUT2D eigenvalue weighted by Gasteiger charge is 2.51. The summed E-state index contributed by atoms with van der Waals surface area (Å²) in [6, 6.07) is 5.09. The first-order chi connectivity index (χ1) is 17.4. The van der Waals surface area contributed by atoms with Gasteiger partial charge in [0.1, 0.15) is 34.7 Å². The van der Waals surface area contributed by atoms with E-state index in [1.54, 1.807) is 0 Å². The lowest BCUT2D eigenvalue weighted by atomic mass is 9.98. The quantitative estimate of drug-likeness (QED) is 0.175. The molecule has 0 bridgehead atoms. The summed E-state index contributed by atoms with van der Waals surface area (Å²) in [6.45, 7) is 0.957. The van der Waals surface area contributed by atoms with E-state index in [9.17, 15) is 50.1 Å². The second-order valence-electron chi connectivity index (χ2n) is 8.07. The average molecular weight is 520 g/mol. The number of rotatable bonds is 5. The van der Waals surface area contributed by atoms with Crippen LogP contribution in [0.25, 0.3) is 22.3 Å². The minimum absolute atomic E-state index is 0.0673. The standard InChI is InChI=1S/C23H20O14/c1-7(24)34-21-17(31)16(30)20(22(32)33)37-23(21)36-19-15(29)14-12(28)5-9(25)6-13(14)35-18(19)8-2-3-10(26)11(27)4-8/h2-6,16-17,20-21,23,25-28,30-31H,1H3,(H,32,33)/t16-,17-,20-,21+,23+/m0/s1. The third-order valence-corrected chi connectivity index (χ3v) is 5.48. The SMILES string of the molecule is CC(=O)O[C@H]1[C@H](Oc2c(-c3ccc(O)c(O)c3)oc3cc(O)cc(O)c3c2=O)O[C@H](C(=O)O)[C@@H](O)[C@@H]1O. The molecule has 0 spiro atoms. The van der Waals surface area contributed by atoms with E-state index < -0.39 is 88.0 Å². The third kappa shape index (κ3) is 4.67. The lowest BCUT2D eigenvalue weighted by molar-refractivity contribution is -0.275. The zero-order valence-corrected chi connectivity index (χ0v) is 18.8. The van der Waals surface area contributed by atoms with Gasteiger partial charge in [0.25, 0.3) is 0 Å². The van der Waals surface area contributed by atoms with Gasteiger partial charge in [-0.1, -0.05) is 0 Å². The molecule has 2 heterocycles. The maximum atomic E-state index is 13.4. The van der Waals surface area contributed by atoms with Crippen molar-refractivity contribution in [2.75, 3.05) is 0 Å². The molecule has 0 aliphatic carbocycles. The molecule has 7 N–H and O–H groups in total. The zero-order valence-electron chi connectivity index (χ0n) is 18.8. The number of phenolic OH excluding ortho intramolecular Hbond substituents is 4. The Kier molecular flexibility index (Phi) is 6.56. The van der Waals surface area contributed by atoms with E-state index in [-0.39, 0.29) is 11.1 Å². The highest BCUT2D eigenvalue weighted by Crippen LogP contribution is 2.39. The van der Waals surface area contributed by atoms with Crippen molar-refractivity contribution in [3.63, 3.8) is 0 Å². The van der Waals surface area contributed by atoms with Crippen molar-refractivity contribution in [3.8, 4) is 40.1 Å². The molecule has 1 saturated heterocycles. The first-order valence-electron chi connectivity index (χ1n) is 10.5. The van der Waals surface area contributed by atoms with Crippen LogP contribution in [0.15, 0.2) is 39.5 Å². The number of phenols is 4. The fraction of sp³-hybridized carbons (Fsp3) is 0.261. The molecule has 1 aliphatic rings. The number of fused-ring (bicyclic) bond motifs is 1. The van der Waals surface area contributed by atoms with E-state index in [1.807, 2.05) is 0 Å². The number of aliphatic carboxylic acids is 1. The van der Waals surface area contributed by atoms with Gasteiger partial charge in [-0.3, -0.25) is 9.59 Å². The molecular formula is C23H20O14. The van der Waals surface area contributed by atoms with E-state index in [0.29, 0.717) is 0 Å². The van der Waals surface area contributed by atoms with Gasteiger partial charge < -0.3 is 54.4 Å². The molecule has 1 aliphatic heterocycles. The minimum atomic E-state index is -2.06. The van der Waals surface area contributed by atoms with Crippen molar-refractivity contribution in [2.24, 2.45) is 0 Å². The molecular weight excluding hydrogens is 500 g/mol. The molecule has 0 radical (unpaired) electrons. The number of aliphatic hydroxyl groups is 2. The molecule has 3 aromatic rings. The first-order valence-corrected chi connectivity index (χ1v) is 10.5. The van der Waals surface area contributed by atoms with E-state index in [1.165, 1.54) is 6.07 Å². The maximum Gasteiger partial charge on any atom is 0.335 e. The van der Waals surface area contributed by atoms with Gasteiger partial charge in [-0.2, -0.15) is 0 Å². The normalized spacial score (nSPS) is 23.5. The fourth-order valence-electron chi connectivity index (χ4n) is 3.80. The Morgan fingerprint density at radius 1 is 0.946 bits per heavy atom. The molecule has 37 heavy (non-hydrogen) atoms. The van der Waals surface area contributed by atoms with Crippen LogP contribution in [-0.2, 0) is 19.1 Å². The maximum absolute atomic E-state index is 13.4. The lowest BCUT2D eigenvalue weighted by Gasteiger charge is -2.40. The Balaban J connectivity index is 1.93. The van der Waals surface area contributed by atoms with Crippen molar-refractivity contribution in [2.45, 2.75) is 37.6 Å². The molecule has 14 nitrogen and oxygen atoms in total. The Bertz CT molecular complexity index is 1440. The number of hydrogen-bond acceptors (Lipinski definition) is 13. The summed E-state index contributed by atoms with van der Waals surface area (Å²) < 4.78 is 21.4. The summed E-state index contributed by atoms with van der Waals surface area (Å²) in [5, 5.41) is 69.2. The third-order valence-electron chi connectivity index (χ3n) is 5.48. The van der Waals surface area contributed by atoms with Crippen molar-refractivity contribution in [3.05, 3.63) is 40.6 Å². The van der Waals surface area contributed by atoms with Crippen LogP contribution < -0.4 is 10.2 Å². The predicted octanol–water partition coefficient (Wildman–Crippen LogP) is 0.124. The molecule has 4 rings (SSSR count). The van der Waals surface area contributed by atoms with Gasteiger partial charge in [-0.05, 0) is 18.2 Å². The Morgan fingerprint density at radius 3 is 2.27 bits per heavy atom. The van der Waals surface area contributed by atoms with Crippen molar-refractivity contribution in [1.82, 2.24) is 0 Å². The summed E-state index contributed by atoms with van der Waals surface area (Å²) in [5.41, 5.74) is -1.46. The van der Waals surface area contributed by atoms with Gasteiger partial charge in [0.2, 0.25) is 17.5 Å². The molecule has 5 atom stereocenters. The molecule has 196 valence electrons. The predicted molar refractivity (Wildman–Crippen MR) is 119 cm³/mol. The topological polar surface area (TPSA) is 234 Å². The van der Waals surface area contributed by atoms with Crippen LogP contribution in [0.5, 0.6) is 28.7 Å². The van der Waals surface area contributed by atoms with Gasteiger partial charge >= 0.3 is 11.9 Å². The van der Waals surface area contributed by atoms with Crippen LogP contribution in [-0.4, -0.2) is 78.4 Å². The number of aliphatic hydroxyl groups excluding tert-OH is 2. The number of hydrogen-bond donors (Lipinski definition) is 7. The van der Waals surface area contributed by atoms with Crippen LogP contribution in [0.3, 0.4) is 0 Å². The van der Waals surface area contributed by atoms with Crippen molar-refractivity contribution < 1.29 is 64.0 Å². The summed E-state index contributed by atoms with van der Waals surface area (Å²) >= 11 is 0. The van der Waals surface area contributed by atoms with Crippen LogP contribution in [0.4, 0.5) is 0 Å². The first kappa shape index (κ1) is 25.6. The highest BCUT2D eigenvalue weighted by atomic mass is 16.7. The number of carboxylic acids is 1. The average Bonchev–Trinajstić information content (AvgIpc) is 2.80. The van der Waals surface area contributed by atoms with E-state index in [2.05, 4.69) is 0 Å². The Morgan fingerprint density at radius 2 is 1.65 bits per heavy atom. The van der Waals surface area contributed by atoms with Gasteiger partial charge in [-0.15, -0.1) is 0 Å². The summed E-state index contributed by atoms with van der Waals surface area (Å²) in [4.78, 5) is 36.6. The molecule has 0 unspecified atom stereocenters. The van der Waals surface area contributed by atoms with Gasteiger partial charge in [0.15, 0.2) is 29.5 Å². The highest BCUT2D eigenvalue weighted by molar-refractivity contribution is 5.88. The van der Waals surface area contributed by atoms with Crippen LogP contribution in [0, 0.1) is 0 Å². The van der Waals surface area contributed by atoms with Gasteiger partial charge in [-0.25, -0.2) is 4.79 Å². The smallest absolute Gasteiger partial charge is 0.335 e. The van der Waals surface area contributed by atoms with Crippen molar-refractivity contribution in [1.29, 1.82) is 0 Å². The largest absolute Gasteiger partial charge is 0.508 e. The Hall–Kier alpha value is -4.53. The summed E-state index contributed by atoms with van der Waals surface area (Å²) in [7, 11) is 0. The summed E-state index contributed by atoms with van der Waals surface area (Å²) in [6.07, 6.45) is -9.95. The minimum Gasteiger partial charge on any atom is -0.508 e. The molecule has 0 saturated carbocycles. The molecule has 0 amide bonds. The lowest BCUT2D eigenvalue weighted by Crippen LogP contribution is -2.62. The molecule has 1 aromatic heterocycles. The molecule has 1 fully saturated rings. The fourth-order valence-corrected chi connectivity index (χ4v) is 3.80. The second-order valence-corrected chi connectivity index (χ2v) is 8.07. The number of esters is 1. The number of carboxylic acid groups (broad SMARTS) is 1. The van der Waals surface area contributed by atoms with E-state index in [0.717, 1.165) is 31.2 Å². The second kappa shape index (κ2) is 9.50. The Labute approximate surface area is 205 Å². The summed E-state index contributed by atoms with van der Waals surface area (Å²) in [5.74, 6) is -6.20. The number of carbonyl (C=O) groups excluding carboxylic acids is 1. The van der Waals surface area contributed by atoms with Gasteiger partial charge in [0, 0.05) is 24.6 Å². The number of carbonyl (C=O) groups is 2. The molecule has 2 aromatic carbocycles. The van der Waals surface area contributed by atoms with Crippen LogP contribution in [0.1, 0.15) is 6.92 Å². The number of ether oxygens (including phenoxy) is 3. The van der Waals surface area contributed by atoms with E-state index in [4.69, 9.17) is 18.6 Å². The number of benzene rings is 2. The van der Waals surface area contributed by atoms with E-state index >= 15 is 0 Å². The van der Waals surface area contributed by atoms with Crippen LogP contribution >= 0.6 is 0 Å². The van der Waals surface area contributed by atoms with Gasteiger partial charge in [0.05, 0.1) is 0 Å².